The topological polar surface area (TPSA) is 58.6 Å². The Morgan fingerprint density at radius 1 is 1.20 bits per heavy atom. The Morgan fingerprint density at radius 2 is 1.88 bits per heavy atom. The fourth-order valence-corrected chi connectivity index (χ4v) is 3.60. The number of ether oxygens (including phenoxy) is 1. The highest BCUT2D eigenvalue weighted by Gasteiger charge is 2.27. The van der Waals surface area contributed by atoms with Gasteiger partial charge in [-0.1, -0.05) is 36.4 Å². The van der Waals surface area contributed by atoms with Crippen LogP contribution >= 0.6 is 11.3 Å². The predicted molar refractivity (Wildman–Crippen MR) is 101 cm³/mol. The normalized spacial score (nSPS) is 14.7. The first kappa shape index (κ1) is 17.5. The molecule has 1 heterocycles. The van der Waals surface area contributed by atoms with Crippen LogP contribution < -0.4 is 10.1 Å². The lowest BCUT2D eigenvalue weighted by Gasteiger charge is -2.23. The summed E-state index contributed by atoms with van der Waals surface area (Å²) in [6.45, 7) is 3.53. The van der Waals surface area contributed by atoms with Crippen LogP contribution in [-0.2, 0) is 10.4 Å². The Hall–Kier alpha value is -2.37. The zero-order valence-electron chi connectivity index (χ0n) is 14.2. The maximum absolute atomic E-state index is 12.3. The van der Waals surface area contributed by atoms with Gasteiger partial charge in [0.05, 0.1) is 6.54 Å². The van der Waals surface area contributed by atoms with Crippen molar-refractivity contribution in [2.24, 2.45) is 0 Å². The number of rotatable bonds is 6. The van der Waals surface area contributed by atoms with Crippen molar-refractivity contribution in [1.82, 2.24) is 5.32 Å². The lowest BCUT2D eigenvalue weighted by Crippen LogP contribution is -2.43. The number of amides is 1. The molecule has 2 atom stereocenters. The number of benzene rings is 2. The summed E-state index contributed by atoms with van der Waals surface area (Å²) in [5, 5.41) is 14.6. The van der Waals surface area contributed by atoms with Gasteiger partial charge in [0, 0.05) is 9.58 Å². The molecule has 0 spiro atoms. The summed E-state index contributed by atoms with van der Waals surface area (Å²) in [5.41, 5.74) is -1.13. The van der Waals surface area contributed by atoms with Crippen molar-refractivity contribution in [3.63, 3.8) is 0 Å². The van der Waals surface area contributed by atoms with E-state index in [9.17, 15) is 9.90 Å². The van der Waals surface area contributed by atoms with E-state index < -0.39 is 11.7 Å². The highest BCUT2D eigenvalue weighted by atomic mass is 32.1. The summed E-state index contributed by atoms with van der Waals surface area (Å²) in [7, 11) is 0. The Balaban J connectivity index is 1.62. The van der Waals surface area contributed by atoms with Crippen LogP contribution in [0, 0.1) is 0 Å². The summed E-state index contributed by atoms with van der Waals surface area (Å²) in [5.74, 6) is 0.381. The number of thiophene rings is 1. The molecule has 0 aliphatic rings. The molecule has 4 nitrogen and oxygen atoms in total. The van der Waals surface area contributed by atoms with E-state index in [2.05, 4.69) is 5.32 Å². The third-order valence-electron chi connectivity index (χ3n) is 3.99. The minimum absolute atomic E-state index is 0.126. The van der Waals surface area contributed by atoms with Gasteiger partial charge in [-0.3, -0.25) is 4.79 Å². The molecule has 0 fully saturated rings. The minimum atomic E-state index is -1.13. The average Bonchev–Trinajstić information content (AvgIpc) is 3.06. The maximum atomic E-state index is 12.3. The molecule has 5 heteroatoms. The van der Waals surface area contributed by atoms with Crippen LogP contribution in [0.15, 0.2) is 60.7 Å². The van der Waals surface area contributed by atoms with E-state index in [0.717, 1.165) is 15.0 Å². The Morgan fingerprint density at radius 3 is 2.60 bits per heavy atom. The standard InChI is InChI=1S/C20H21NO3S/c1-14(24-16-9-4-3-5-10-16)19(22)21-13-20(2,23)18-12-15-8-6-7-11-17(15)25-18/h3-12,14,23H,13H2,1-2H3,(H,21,22). The molecule has 1 aromatic heterocycles. The third-order valence-corrected chi connectivity index (χ3v) is 5.36. The van der Waals surface area contributed by atoms with Crippen LogP contribution in [0.4, 0.5) is 0 Å². The van der Waals surface area contributed by atoms with Crippen molar-refractivity contribution in [3.05, 3.63) is 65.5 Å². The molecular formula is C20H21NO3S. The quantitative estimate of drug-likeness (QED) is 0.709. The van der Waals surface area contributed by atoms with Gasteiger partial charge >= 0.3 is 0 Å². The molecule has 0 saturated carbocycles. The van der Waals surface area contributed by atoms with Gasteiger partial charge in [-0.15, -0.1) is 11.3 Å². The van der Waals surface area contributed by atoms with Crippen molar-refractivity contribution in [1.29, 1.82) is 0 Å². The van der Waals surface area contributed by atoms with Crippen molar-refractivity contribution in [2.75, 3.05) is 6.54 Å². The monoisotopic (exact) mass is 355 g/mol. The molecule has 3 rings (SSSR count). The van der Waals surface area contributed by atoms with Gasteiger partial charge in [-0.2, -0.15) is 0 Å². The zero-order valence-corrected chi connectivity index (χ0v) is 15.0. The number of carbonyl (C=O) groups is 1. The first-order chi connectivity index (χ1) is 12.0. The fourth-order valence-electron chi connectivity index (χ4n) is 2.49. The predicted octanol–water partition coefficient (Wildman–Crippen LogP) is 3.69. The summed E-state index contributed by atoms with van der Waals surface area (Å²) in [6.07, 6.45) is -0.638. The molecular weight excluding hydrogens is 334 g/mol. The third kappa shape index (κ3) is 4.18. The van der Waals surface area contributed by atoms with E-state index in [1.807, 2.05) is 48.5 Å². The molecule has 0 saturated heterocycles. The average molecular weight is 355 g/mol. The number of fused-ring (bicyclic) bond motifs is 1. The second kappa shape index (κ2) is 7.25. The van der Waals surface area contributed by atoms with Gasteiger partial charge in [0.25, 0.3) is 5.91 Å². The van der Waals surface area contributed by atoms with E-state index in [-0.39, 0.29) is 12.5 Å². The van der Waals surface area contributed by atoms with Crippen LogP contribution in [0.1, 0.15) is 18.7 Å². The van der Waals surface area contributed by atoms with Gasteiger partial charge in [-0.05, 0) is 43.5 Å². The molecule has 2 unspecified atom stereocenters. The van der Waals surface area contributed by atoms with Crippen LogP contribution in [0.3, 0.4) is 0 Å². The van der Waals surface area contributed by atoms with E-state index in [4.69, 9.17) is 4.74 Å². The summed E-state index contributed by atoms with van der Waals surface area (Å²) >= 11 is 1.53. The molecule has 0 bridgehead atoms. The van der Waals surface area contributed by atoms with Crippen LogP contribution in [-0.4, -0.2) is 23.7 Å². The van der Waals surface area contributed by atoms with E-state index in [0.29, 0.717) is 5.75 Å². The number of nitrogens with one attached hydrogen (secondary N) is 1. The minimum Gasteiger partial charge on any atom is -0.481 e. The van der Waals surface area contributed by atoms with Crippen LogP contribution in [0.25, 0.3) is 10.1 Å². The number of aliphatic hydroxyl groups is 1. The molecule has 0 radical (unpaired) electrons. The van der Waals surface area contributed by atoms with Gasteiger partial charge < -0.3 is 15.2 Å². The summed E-state index contributed by atoms with van der Waals surface area (Å²) < 4.78 is 6.72. The van der Waals surface area contributed by atoms with Crippen molar-refractivity contribution in [2.45, 2.75) is 25.6 Å². The van der Waals surface area contributed by atoms with Gasteiger partial charge in [0.1, 0.15) is 11.4 Å². The molecule has 130 valence electrons. The molecule has 2 N–H and O–H groups in total. The van der Waals surface area contributed by atoms with Gasteiger partial charge in [0.2, 0.25) is 0 Å². The van der Waals surface area contributed by atoms with E-state index in [1.54, 1.807) is 26.0 Å². The molecule has 2 aromatic carbocycles. The van der Waals surface area contributed by atoms with Crippen molar-refractivity contribution in [3.8, 4) is 5.75 Å². The Labute approximate surface area is 151 Å². The molecule has 3 aromatic rings. The van der Waals surface area contributed by atoms with E-state index >= 15 is 0 Å². The first-order valence-corrected chi connectivity index (χ1v) is 8.98. The van der Waals surface area contributed by atoms with E-state index in [1.165, 1.54) is 11.3 Å². The first-order valence-electron chi connectivity index (χ1n) is 8.16. The zero-order chi connectivity index (χ0) is 17.9. The van der Waals surface area contributed by atoms with Gasteiger partial charge in [-0.25, -0.2) is 0 Å². The second-order valence-corrected chi connectivity index (χ2v) is 7.30. The Bertz CT molecular complexity index is 825. The second-order valence-electron chi connectivity index (χ2n) is 6.21. The van der Waals surface area contributed by atoms with Crippen molar-refractivity contribution < 1.29 is 14.6 Å². The SMILES string of the molecule is CC(Oc1ccccc1)C(=O)NCC(C)(O)c1cc2ccccc2s1. The Kier molecular flexibility index (Phi) is 5.06. The summed E-state index contributed by atoms with van der Waals surface area (Å²) in [4.78, 5) is 13.1. The fraction of sp³-hybridized carbons (Fsp3) is 0.250. The highest BCUT2D eigenvalue weighted by molar-refractivity contribution is 7.19. The van der Waals surface area contributed by atoms with Crippen molar-refractivity contribution >= 4 is 27.3 Å². The molecule has 0 aliphatic carbocycles. The number of para-hydroxylation sites is 1. The lowest BCUT2D eigenvalue weighted by molar-refractivity contribution is -0.128. The van der Waals surface area contributed by atoms with Crippen LogP contribution in [0.5, 0.6) is 5.75 Å². The number of hydrogen-bond acceptors (Lipinski definition) is 4. The van der Waals surface area contributed by atoms with Crippen LogP contribution in [0.2, 0.25) is 0 Å². The van der Waals surface area contributed by atoms with Gasteiger partial charge in [0.15, 0.2) is 6.10 Å². The maximum Gasteiger partial charge on any atom is 0.260 e. The lowest BCUT2D eigenvalue weighted by atomic mass is 10.0. The molecule has 1 amide bonds. The largest absolute Gasteiger partial charge is 0.481 e. The highest BCUT2D eigenvalue weighted by Crippen LogP contribution is 2.32. The number of carbonyl (C=O) groups excluding carboxylic acids is 1. The molecule has 25 heavy (non-hydrogen) atoms. The molecule has 0 aliphatic heterocycles. The smallest absolute Gasteiger partial charge is 0.260 e. The summed E-state index contributed by atoms with van der Waals surface area (Å²) in [6, 6.07) is 19.1. The number of hydrogen-bond donors (Lipinski definition) is 2.